The summed E-state index contributed by atoms with van der Waals surface area (Å²) < 4.78 is 5.25. The molecular weight excluding hydrogens is 248 g/mol. The Balaban J connectivity index is 1.73. The summed E-state index contributed by atoms with van der Waals surface area (Å²) in [6.07, 6.45) is 5.37. The highest BCUT2D eigenvalue weighted by molar-refractivity contribution is 5.26. The lowest BCUT2D eigenvalue weighted by atomic mass is 10.00. The molecule has 3 heteroatoms. The minimum atomic E-state index is 0.698. The molecule has 0 spiro atoms. The summed E-state index contributed by atoms with van der Waals surface area (Å²) in [4.78, 5) is 2.52. The van der Waals surface area contributed by atoms with Crippen LogP contribution in [0, 0.1) is 0 Å². The van der Waals surface area contributed by atoms with Gasteiger partial charge in [-0.2, -0.15) is 0 Å². The number of hydrogen-bond acceptors (Lipinski definition) is 3. The predicted molar refractivity (Wildman–Crippen MR) is 83.7 cm³/mol. The molecule has 1 aromatic carbocycles. The van der Waals surface area contributed by atoms with Gasteiger partial charge < -0.3 is 15.0 Å². The van der Waals surface area contributed by atoms with Crippen LogP contribution in [0.4, 0.5) is 0 Å². The van der Waals surface area contributed by atoms with E-state index in [9.17, 15) is 0 Å². The van der Waals surface area contributed by atoms with Crippen molar-refractivity contribution in [2.24, 2.45) is 0 Å². The van der Waals surface area contributed by atoms with E-state index in [0.29, 0.717) is 6.61 Å². The highest BCUT2D eigenvalue weighted by Crippen LogP contribution is 2.17. The minimum absolute atomic E-state index is 0.698. The number of rotatable bonds is 7. The van der Waals surface area contributed by atoms with Crippen LogP contribution in [0.1, 0.15) is 36.8 Å². The third kappa shape index (κ3) is 4.58. The summed E-state index contributed by atoms with van der Waals surface area (Å²) in [5.41, 5.74) is 2.64. The number of piperidine rings is 1. The van der Waals surface area contributed by atoms with Crippen LogP contribution in [0.5, 0.6) is 0 Å². The van der Waals surface area contributed by atoms with Gasteiger partial charge in [-0.15, -0.1) is 0 Å². The van der Waals surface area contributed by atoms with Crippen LogP contribution in [0.3, 0.4) is 0 Å². The molecule has 0 radical (unpaired) electrons. The van der Waals surface area contributed by atoms with Crippen molar-refractivity contribution in [2.75, 3.05) is 27.2 Å². The van der Waals surface area contributed by atoms with Gasteiger partial charge in [0.2, 0.25) is 0 Å². The molecule has 1 unspecified atom stereocenters. The number of benzene rings is 1. The second-order valence-electron chi connectivity index (χ2n) is 5.80. The van der Waals surface area contributed by atoms with Gasteiger partial charge in [-0.3, -0.25) is 0 Å². The van der Waals surface area contributed by atoms with E-state index in [1.165, 1.54) is 43.4 Å². The molecule has 1 N–H and O–H groups in total. The first-order chi connectivity index (χ1) is 9.81. The molecule has 2 rings (SSSR count). The van der Waals surface area contributed by atoms with Crippen LogP contribution >= 0.6 is 0 Å². The summed E-state index contributed by atoms with van der Waals surface area (Å²) in [7, 11) is 4.01. The normalized spacial score (nSPS) is 20.2. The van der Waals surface area contributed by atoms with Gasteiger partial charge >= 0.3 is 0 Å². The summed E-state index contributed by atoms with van der Waals surface area (Å²) in [6.45, 7) is 4.00. The van der Waals surface area contributed by atoms with Crippen molar-refractivity contribution in [1.29, 1.82) is 0 Å². The van der Waals surface area contributed by atoms with Gasteiger partial charge in [0.25, 0.3) is 0 Å². The zero-order chi connectivity index (χ0) is 14.2. The molecule has 0 saturated carbocycles. The number of likely N-dealkylation sites (tertiary alicyclic amines) is 1. The molecule has 112 valence electrons. The second kappa shape index (κ2) is 8.40. The van der Waals surface area contributed by atoms with Crippen LogP contribution < -0.4 is 5.32 Å². The fraction of sp³-hybridized carbons (Fsp3) is 0.647. The smallest absolute Gasteiger partial charge is 0.0716 e. The summed E-state index contributed by atoms with van der Waals surface area (Å²) >= 11 is 0. The van der Waals surface area contributed by atoms with Gasteiger partial charge in [0.1, 0.15) is 0 Å². The van der Waals surface area contributed by atoms with E-state index < -0.39 is 0 Å². The molecule has 1 saturated heterocycles. The molecule has 1 heterocycles. The van der Waals surface area contributed by atoms with E-state index in [4.69, 9.17) is 4.74 Å². The number of nitrogens with one attached hydrogen (secondary N) is 1. The Hall–Kier alpha value is -0.900. The lowest BCUT2D eigenvalue weighted by Crippen LogP contribution is -2.38. The van der Waals surface area contributed by atoms with Crippen molar-refractivity contribution in [3.8, 4) is 0 Å². The molecule has 1 atom stereocenters. The molecule has 1 aliphatic rings. The third-order valence-electron chi connectivity index (χ3n) is 4.31. The zero-order valence-corrected chi connectivity index (χ0v) is 12.9. The maximum atomic E-state index is 5.25. The first-order valence-corrected chi connectivity index (χ1v) is 7.78. The fourth-order valence-corrected chi connectivity index (χ4v) is 3.03. The van der Waals surface area contributed by atoms with Crippen molar-refractivity contribution in [3.05, 3.63) is 35.4 Å². The van der Waals surface area contributed by atoms with E-state index in [2.05, 4.69) is 41.5 Å². The van der Waals surface area contributed by atoms with Gasteiger partial charge in [-0.25, -0.2) is 0 Å². The van der Waals surface area contributed by atoms with E-state index >= 15 is 0 Å². The van der Waals surface area contributed by atoms with Gasteiger partial charge in [-0.1, -0.05) is 30.7 Å². The Morgan fingerprint density at radius 1 is 1.25 bits per heavy atom. The van der Waals surface area contributed by atoms with Crippen LogP contribution in [0.2, 0.25) is 0 Å². The van der Waals surface area contributed by atoms with E-state index in [1.54, 1.807) is 7.11 Å². The van der Waals surface area contributed by atoms with Crippen LogP contribution in [0.25, 0.3) is 0 Å². The predicted octanol–water partition coefficient (Wildman–Crippen LogP) is 2.80. The van der Waals surface area contributed by atoms with Crippen LogP contribution in [0.15, 0.2) is 24.3 Å². The molecule has 1 fully saturated rings. The SMILES string of the molecule is COCc1ccccc1CNCCC1CCCCN1C. The van der Waals surface area contributed by atoms with Crippen molar-refractivity contribution >= 4 is 0 Å². The average molecular weight is 276 g/mol. The molecule has 0 amide bonds. The van der Waals surface area contributed by atoms with E-state index in [0.717, 1.165) is 19.1 Å². The minimum Gasteiger partial charge on any atom is -0.380 e. The second-order valence-corrected chi connectivity index (χ2v) is 5.80. The molecular formula is C17H28N2O. The Morgan fingerprint density at radius 3 is 2.80 bits per heavy atom. The van der Waals surface area contributed by atoms with Crippen molar-refractivity contribution < 1.29 is 4.74 Å². The average Bonchev–Trinajstić information content (AvgIpc) is 2.47. The summed E-state index contributed by atoms with van der Waals surface area (Å²) in [5, 5.41) is 3.59. The number of nitrogens with zero attached hydrogens (tertiary/aromatic N) is 1. The number of ether oxygens (including phenoxy) is 1. The molecule has 3 nitrogen and oxygen atoms in total. The zero-order valence-electron chi connectivity index (χ0n) is 12.9. The van der Waals surface area contributed by atoms with Crippen molar-refractivity contribution in [1.82, 2.24) is 10.2 Å². The number of methoxy groups -OCH3 is 1. The Bertz CT molecular complexity index is 394. The van der Waals surface area contributed by atoms with Gasteiger partial charge in [0, 0.05) is 19.7 Å². The first kappa shape index (κ1) is 15.5. The first-order valence-electron chi connectivity index (χ1n) is 7.78. The van der Waals surface area contributed by atoms with Crippen LogP contribution in [-0.4, -0.2) is 38.2 Å². The van der Waals surface area contributed by atoms with Gasteiger partial charge in [0.15, 0.2) is 0 Å². The molecule has 20 heavy (non-hydrogen) atoms. The third-order valence-corrected chi connectivity index (χ3v) is 4.31. The Morgan fingerprint density at radius 2 is 2.05 bits per heavy atom. The van der Waals surface area contributed by atoms with E-state index in [1.807, 2.05) is 0 Å². The highest BCUT2D eigenvalue weighted by Gasteiger charge is 2.17. The lowest BCUT2D eigenvalue weighted by molar-refractivity contribution is 0.175. The molecule has 0 aliphatic carbocycles. The monoisotopic (exact) mass is 276 g/mol. The maximum absolute atomic E-state index is 5.25. The maximum Gasteiger partial charge on any atom is 0.0716 e. The fourth-order valence-electron chi connectivity index (χ4n) is 3.03. The summed E-state index contributed by atoms with van der Waals surface area (Å²) in [6, 6.07) is 9.29. The molecule has 1 aromatic rings. The largest absolute Gasteiger partial charge is 0.380 e. The highest BCUT2D eigenvalue weighted by atomic mass is 16.5. The standard InChI is InChI=1S/C17H28N2O/c1-19-12-6-5-9-17(19)10-11-18-13-15-7-3-4-8-16(15)14-20-2/h3-4,7-8,17-18H,5-6,9-14H2,1-2H3. The van der Waals surface area contributed by atoms with Gasteiger partial charge in [-0.05, 0) is 50.5 Å². The van der Waals surface area contributed by atoms with E-state index in [-0.39, 0.29) is 0 Å². The molecule has 0 bridgehead atoms. The van der Waals surface area contributed by atoms with Crippen LogP contribution in [-0.2, 0) is 17.9 Å². The number of hydrogen-bond donors (Lipinski definition) is 1. The quantitative estimate of drug-likeness (QED) is 0.775. The molecule has 1 aliphatic heterocycles. The van der Waals surface area contributed by atoms with Crippen molar-refractivity contribution in [3.63, 3.8) is 0 Å². The molecule has 0 aromatic heterocycles. The Kier molecular flexibility index (Phi) is 6.51. The topological polar surface area (TPSA) is 24.5 Å². The Labute approximate surface area is 123 Å². The van der Waals surface area contributed by atoms with Gasteiger partial charge in [0.05, 0.1) is 6.61 Å². The summed E-state index contributed by atoms with van der Waals surface area (Å²) in [5.74, 6) is 0. The van der Waals surface area contributed by atoms with Crippen molar-refractivity contribution in [2.45, 2.75) is 44.9 Å². The lowest BCUT2D eigenvalue weighted by Gasteiger charge is -2.32.